The minimum atomic E-state index is -0.970. The number of hydrogen-bond donors (Lipinski definition) is 2. The first-order valence-corrected chi connectivity index (χ1v) is 10.7. The lowest BCUT2D eigenvalue weighted by molar-refractivity contribution is -0.384. The third-order valence-corrected chi connectivity index (χ3v) is 4.79. The van der Waals surface area contributed by atoms with Gasteiger partial charge in [-0.1, -0.05) is 50.2 Å². The summed E-state index contributed by atoms with van der Waals surface area (Å²) in [6, 6.07) is 12.5. The van der Waals surface area contributed by atoms with Crippen molar-refractivity contribution >= 4 is 23.5 Å². The summed E-state index contributed by atoms with van der Waals surface area (Å²) in [4.78, 5) is 48.8. The highest BCUT2D eigenvalue weighted by atomic mass is 16.6. The van der Waals surface area contributed by atoms with Gasteiger partial charge in [0.2, 0.25) is 5.91 Å². The van der Waals surface area contributed by atoms with E-state index in [1.54, 1.807) is 27.7 Å². The molecule has 2 aromatic carbocycles. The normalized spacial score (nSPS) is 12.7. The number of benzene rings is 2. The van der Waals surface area contributed by atoms with Crippen LogP contribution in [0.25, 0.3) is 0 Å². The third kappa shape index (κ3) is 7.71. The molecule has 2 rings (SSSR count). The van der Waals surface area contributed by atoms with E-state index in [4.69, 9.17) is 4.74 Å². The molecule has 0 aliphatic heterocycles. The standard InChI is InChI=1S/C24H29N3O6/c1-15(2)21(26-22(28)18-11-8-12-19(14-18)27(31)32)23(29)25-20(24(30)33-16(3)4)13-17-9-6-5-7-10-17/h5-12,14-16,20-21H,13H2,1-4H3,(H,25,29)(H,26,28)/t20-,21+/m0/s1. The van der Waals surface area contributed by atoms with Gasteiger partial charge in [-0.3, -0.25) is 19.7 Å². The van der Waals surface area contributed by atoms with E-state index in [1.165, 1.54) is 18.2 Å². The number of nitro groups is 1. The predicted molar refractivity (Wildman–Crippen MR) is 122 cm³/mol. The molecule has 2 amide bonds. The number of amides is 2. The lowest BCUT2D eigenvalue weighted by atomic mass is 10.0. The summed E-state index contributed by atoms with van der Waals surface area (Å²) < 4.78 is 5.31. The molecule has 9 heteroatoms. The Balaban J connectivity index is 2.19. The van der Waals surface area contributed by atoms with Crippen LogP contribution in [0.5, 0.6) is 0 Å². The number of ether oxygens (including phenoxy) is 1. The molecule has 0 aromatic heterocycles. The predicted octanol–water partition coefficient (Wildman–Crippen LogP) is 3.03. The molecule has 2 atom stereocenters. The van der Waals surface area contributed by atoms with Crippen LogP contribution in [0.4, 0.5) is 5.69 Å². The molecule has 9 nitrogen and oxygen atoms in total. The van der Waals surface area contributed by atoms with Crippen molar-refractivity contribution in [3.8, 4) is 0 Å². The maximum atomic E-state index is 13.1. The number of hydrogen-bond acceptors (Lipinski definition) is 6. The average Bonchev–Trinajstić information content (AvgIpc) is 2.76. The molecule has 0 heterocycles. The molecule has 0 aliphatic carbocycles. The number of nitro benzene ring substituents is 1. The fourth-order valence-electron chi connectivity index (χ4n) is 3.14. The molecule has 2 N–H and O–H groups in total. The van der Waals surface area contributed by atoms with Gasteiger partial charge in [-0.25, -0.2) is 4.79 Å². The van der Waals surface area contributed by atoms with Crippen LogP contribution >= 0.6 is 0 Å². The van der Waals surface area contributed by atoms with E-state index in [0.29, 0.717) is 0 Å². The first kappa shape index (κ1) is 25.5. The summed E-state index contributed by atoms with van der Waals surface area (Å²) in [5.41, 5.74) is 0.667. The summed E-state index contributed by atoms with van der Waals surface area (Å²) in [5, 5.41) is 16.3. The zero-order valence-electron chi connectivity index (χ0n) is 19.1. The van der Waals surface area contributed by atoms with Crippen molar-refractivity contribution < 1.29 is 24.0 Å². The summed E-state index contributed by atoms with van der Waals surface area (Å²) in [7, 11) is 0. The fourth-order valence-corrected chi connectivity index (χ4v) is 3.14. The molecular weight excluding hydrogens is 426 g/mol. The number of carbonyl (C=O) groups is 3. The van der Waals surface area contributed by atoms with Crippen molar-refractivity contribution in [2.45, 2.75) is 52.3 Å². The largest absolute Gasteiger partial charge is 0.461 e. The van der Waals surface area contributed by atoms with E-state index in [2.05, 4.69) is 10.6 Å². The minimum absolute atomic E-state index is 0.0581. The van der Waals surface area contributed by atoms with Crippen molar-refractivity contribution in [2.75, 3.05) is 0 Å². The maximum absolute atomic E-state index is 13.1. The topological polar surface area (TPSA) is 128 Å². The highest BCUT2D eigenvalue weighted by molar-refractivity contribution is 5.98. The summed E-state index contributed by atoms with van der Waals surface area (Å²) in [6.45, 7) is 6.93. The smallest absolute Gasteiger partial charge is 0.329 e. The maximum Gasteiger partial charge on any atom is 0.329 e. The van der Waals surface area contributed by atoms with E-state index in [-0.39, 0.29) is 29.7 Å². The van der Waals surface area contributed by atoms with Crippen molar-refractivity contribution in [3.63, 3.8) is 0 Å². The van der Waals surface area contributed by atoms with Crippen molar-refractivity contribution in [1.29, 1.82) is 0 Å². The number of nitrogens with zero attached hydrogens (tertiary/aromatic N) is 1. The number of nitrogens with one attached hydrogen (secondary N) is 2. The van der Waals surface area contributed by atoms with Gasteiger partial charge in [-0.05, 0) is 31.4 Å². The number of esters is 1. The highest BCUT2D eigenvalue weighted by Gasteiger charge is 2.30. The molecule has 0 radical (unpaired) electrons. The molecular formula is C24H29N3O6. The van der Waals surface area contributed by atoms with Crippen molar-refractivity contribution in [3.05, 3.63) is 75.8 Å². The average molecular weight is 456 g/mol. The van der Waals surface area contributed by atoms with Crippen LogP contribution in [0.2, 0.25) is 0 Å². The van der Waals surface area contributed by atoms with E-state index in [9.17, 15) is 24.5 Å². The Morgan fingerprint density at radius 3 is 2.21 bits per heavy atom. The Morgan fingerprint density at radius 2 is 1.64 bits per heavy atom. The molecule has 0 bridgehead atoms. The third-order valence-electron chi connectivity index (χ3n) is 4.79. The van der Waals surface area contributed by atoms with E-state index >= 15 is 0 Å². The monoisotopic (exact) mass is 455 g/mol. The van der Waals surface area contributed by atoms with Crippen molar-refractivity contribution in [2.24, 2.45) is 5.92 Å². The van der Waals surface area contributed by atoms with Gasteiger partial charge in [0.15, 0.2) is 0 Å². The molecule has 0 fully saturated rings. The molecule has 0 spiro atoms. The van der Waals surface area contributed by atoms with Crippen LogP contribution in [-0.2, 0) is 20.7 Å². The Bertz CT molecular complexity index is 991. The lowest BCUT2D eigenvalue weighted by Crippen LogP contribution is -2.54. The molecule has 2 aromatic rings. The Morgan fingerprint density at radius 1 is 0.970 bits per heavy atom. The second-order valence-corrected chi connectivity index (χ2v) is 8.24. The molecule has 0 saturated carbocycles. The Labute approximate surface area is 192 Å². The van der Waals surface area contributed by atoms with Crippen LogP contribution < -0.4 is 10.6 Å². The van der Waals surface area contributed by atoms with E-state index in [1.807, 2.05) is 30.3 Å². The minimum Gasteiger partial charge on any atom is -0.461 e. The zero-order chi connectivity index (χ0) is 24.5. The van der Waals surface area contributed by atoms with Gasteiger partial charge in [0, 0.05) is 24.1 Å². The highest BCUT2D eigenvalue weighted by Crippen LogP contribution is 2.14. The van der Waals surface area contributed by atoms with Crippen LogP contribution in [-0.4, -0.2) is 40.9 Å². The van der Waals surface area contributed by atoms with Crippen LogP contribution in [0.3, 0.4) is 0 Å². The van der Waals surface area contributed by atoms with Crippen molar-refractivity contribution in [1.82, 2.24) is 10.6 Å². The van der Waals surface area contributed by atoms with Gasteiger partial charge in [0.1, 0.15) is 12.1 Å². The van der Waals surface area contributed by atoms with E-state index < -0.39 is 34.8 Å². The summed E-state index contributed by atoms with van der Waals surface area (Å²) in [5.74, 6) is -2.07. The Hall–Kier alpha value is -3.75. The van der Waals surface area contributed by atoms with Crippen LogP contribution in [0.1, 0.15) is 43.6 Å². The number of non-ortho nitro benzene ring substituents is 1. The molecule has 0 aliphatic rings. The summed E-state index contributed by atoms with van der Waals surface area (Å²) >= 11 is 0. The first-order valence-electron chi connectivity index (χ1n) is 10.7. The Kier molecular flexibility index (Phi) is 9.08. The van der Waals surface area contributed by atoms with Gasteiger partial charge in [-0.15, -0.1) is 0 Å². The molecule has 0 unspecified atom stereocenters. The number of carbonyl (C=O) groups excluding carboxylic acids is 3. The van der Waals surface area contributed by atoms with Gasteiger partial charge >= 0.3 is 5.97 Å². The van der Waals surface area contributed by atoms with Crippen LogP contribution in [0, 0.1) is 16.0 Å². The van der Waals surface area contributed by atoms with Gasteiger partial charge in [-0.2, -0.15) is 0 Å². The molecule has 33 heavy (non-hydrogen) atoms. The van der Waals surface area contributed by atoms with Gasteiger partial charge < -0.3 is 15.4 Å². The fraction of sp³-hybridized carbons (Fsp3) is 0.375. The molecule has 0 saturated heterocycles. The second-order valence-electron chi connectivity index (χ2n) is 8.24. The van der Waals surface area contributed by atoms with Crippen LogP contribution in [0.15, 0.2) is 54.6 Å². The van der Waals surface area contributed by atoms with Gasteiger partial charge in [0.05, 0.1) is 11.0 Å². The second kappa shape index (κ2) is 11.8. The zero-order valence-corrected chi connectivity index (χ0v) is 19.1. The van der Waals surface area contributed by atoms with E-state index in [0.717, 1.165) is 11.6 Å². The van der Waals surface area contributed by atoms with Gasteiger partial charge in [0.25, 0.3) is 11.6 Å². The first-order chi connectivity index (χ1) is 15.6. The lowest BCUT2D eigenvalue weighted by Gasteiger charge is -2.25. The summed E-state index contributed by atoms with van der Waals surface area (Å²) in [6.07, 6.45) is -0.135. The quantitative estimate of drug-likeness (QED) is 0.322. The molecule has 176 valence electrons. The SMILES string of the molecule is CC(C)OC(=O)[C@H](Cc1ccccc1)NC(=O)[C@H](NC(=O)c1cccc([N+](=O)[O-])c1)C(C)C. The number of rotatable bonds is 10.